The van der Waals surface area contributed by atoms with E-state index in [0.717, 1.165) is 12.8 Å². The molecule has 0 spiro atoms. The molecule has 1 aromatic carbocycles. The molecule has 0 aromatic heterocycles. The van der Waals surface area contributed by atoms with E-state index in [-0.39, 0.29) is 11.5 Å². The maximum Gasteiger partial charge on any atom is 0.308 e. The molecule has 1 unspecified atom stereocenters. The number of Topliss-reactive ketones (excluding diaryl/α,β-unsaturated/α-hetero) is 1. The molecule has 0 aliphatic heterocycles. The van der Waals surface area contributed by atoms with Gasteiger partial charge in [-0.1, -0.05) is 56.4 Å². The summed E-state index contributed by atoms with van der Waals surface area (Å²) in [5.74, 6) is -0.836. The zero-order chi connectivity index (χ0) is 17.9. The number of aliphatic hydroxyl groups is 1. The largest absolute Gasteiger partial charge is 0.422 e. The zero-order valence-corrected chi connectivity index (χ0v) is 15.9. The first-order chi connectivity index (χ1) is 11.2. The molecule has 1 aliphatic rings. The molecule has 0 amide bonds. The first kappa shape index (κ1) is 18.6. The molecule has 0 radical (unpaired) electrons. The molecule has 4 nitrogen and oxygen atoms in total. The van der Waals surface area contributed by atoms with Crippen molar-refractivity contribution >= 4 is 19.8 Å². The van der Waals surface area contributed by atoms with Crippen LogP contribution in [0.1, 0.15) is 48.2 Å². The number of unbranched alkanes of at least 4 members (excludes halogenated alkanes) is 1. The van der Waals surface area contributed by atoms with Crippen LogP contribution in [-0.2, 0) is 9.53 Å². The van der Waals surface area contributed by atoms with Crippen LogP contribution in [0.2, 0.25) is 25.7 Å². The quantitative estimate of drug-likeness (QED) is 0.475. The van der Waals surface area contributed by atoms with Gasteiger partial charge in [-0.15, -0.1) is 0 Å². The fourth-order valence-corrected chi connectivity index (χ4v) is 4.31. The number of benzene rings is 1. The van der Waals surface area contributed by atoms with Crippen LogP contribution in [0.3, 0.4) is 0 Å². The summed E-state index contributed by atoms with van der Waals surface area (Å²) < 4.78 is 5.18. The lowest BCUT2D eigenvalue weighted by molar-refractivity contribution is -0.136. The van der Waals surface area contributed by atoms with E-state index in [9.17, 15) is 14.7 Å². The van der Waals surface area contributed by atoms with Crippen molar-refractivity contribution in [3.05, 3.63) is 46.7 Å². The van der Waals surface area contributed by atoms with E-state index in [1.165, 1.54) is 13.0 Å². The summed E-state index contributed by atoms with van der Waals surface area (Å²) >= 11 is 0. The Balaban J connectivity index is 2.25. The number of fused-ring (bicyclic) bond motifs is 1. The number of esters is 1. The molecule has 1 aliphatic carbocycles. The molecule has 2 rings (SSSR count). The standard InChI is InChI=1S/C19H26O4Si/c1-13(20)23-19-16(11-7-8-12-24(2,3)4)17(21)14-9-5-6-10-15(14)18(19)22/h5-6,9-10,17,21H,7-8,11-12H2,1-4H3. The van der Waals surface area contributed by atoms with Gasteiger partial charge in [-0.25, -0.2) is 0 Å². The van der Waals surface area contributed by atoms with E-state index in [2.05, 4.69) is 19.6 Å². The second-order valence-corrected chi connectivity index (χ2v) is 13.2. The molecule has 0 saturated carbocycles. The molecular formula is C19H26O4Si. The molecule has 5 heteroatoms. The van der Waals surface area contributed by atoms with Crippen molar-refractivity contribution in [1.82, 2.24) is 0 Å². The van der Waals surface area contributed by atoms with Crippen molar-refractivity contribution in [2.75, 3.05) is 0 Å². The first-order valence-electron chi connectivity index (χ1n) is 8.44. The molecular weight excluding hydrogens is 320 g/mol. The van der Waals surface area contributed by atoms with Crippen LogP contribution in [-0.4, -0.2) is 24.9 Å². The Hall–Kier alpha value is -1.72. The van der Waals surface area contributed by atoms with E-state index in [0.29, 0.717) is 23.1 Å². The maximum atomic E-state index is 12.7. The Kier molecular flexibility index (Phi) is 5.77. The van der Waals surface area contributed by atoms with Gasteiger partial charge in [0.1, 0.15) is 6.10 Å². The molecule has 0 fully saturated rings. The molecule has 1 aromatic rings. The minimum absolute atomic E-state index is 0.0155. The summed E-state index contributed by atoms with van der Waals surface area (Å²) in [6.07, 6.45) is 1.60. The molecule has 1 atom stereocenters. The second kappa shape index (κ2) is 7.45. The summed E-state index contributed by atoms with van der Waals surface area (Å²) in [6, 6.07) is 8.16. The summed E-state index contributed by atoms with van der Waals surface area (Å²) in [4.78, 5) is 24.1. The van der Waals surface area contributed by atoms with Crippen molar-refractivity contribution in [2.24, 2.45) is 0 Å². The maximum absolute atomic E-state index is 12.7. The van der Waals surface area contributed by atoms with Gasteiger partial charge in [-0.3, -0.25) is 9.59 Å². The van der Waals surface area contributed by atoms with Gasteiger partial charge in [0.05, 0.1) is 0 Å². The lowest BCUT2D eigenvalue weighted by Crippen LogP contribution is -2.23. The van der Waals surface area contributed by atoms with Crippen molar-refractivity contribution < 1.29 is 19.4 Å². The second-order valence-electron chi connectivity index (χ2n) is 7.53. The molecule has 1 N–H and O–H groups in total. The van der Waals surface area contributed by atoms with Crippen molar-refractivity contribution in [1.29, 1.82) is 0 Å². The topological polar surface area (TPSA) is 63.6 Å². The van der Waals surface area contributed by atoms with Crippen molar-refractivity contribution in [3.63, 3.8) is 0 Å². The van der Waals surface area contributed by atoms with E-state index in [1.807, 2.05) is 0 Å². The predicted molar refractivity (Wildman–Crippen MR) is 96.5 cm³/mol. The van der Waals surface area contributed by atoms with Gasteiger partial charge in [0, 0.05) is 26.1 Å². The van der Waals surface area contributed by atoms with Crippen molar-refractivity contribution in [2.45, 2.75) is 58.0 Å². The van der Waals surface area contributed by atoms with Crippen molar-refractivity contribution in [3.8, 4) is 0 Å². The highest BCUT2D eigenvalue weighted by molar-refractivity contribution is 6.76. The van der Waals surface area contributed by atoms with Crippen LogP contribution in [0.5, 0.6) is 0 Å². The molecule has 0 bridgehead atoms. The third-order valence-corrected chi connectivity index (χ3v) is 6.05. The van der Waals surface area contributed by atoms with E-state index < -0.39 is 20.1 Å². The summed E-state index contributed by atoms with van der Waals surface area (Å²) in [6.45, 7) is 8.25. The number of rotatable bonds is 6. The van der Waals surface area contributed by atoms with E-state index in [1.54, 1.807) is 24.3 Å². The van der Waals surface area contributed by atoms with Gasteiger partial charge < -0.3 is 9.84 Å². The number of hydrogen-bond donors (Lipinski definition) is 1. The number of carbonyl (C=O) groups is 2. The third kappa shape index (κ3) is 4.42. The average Bonchev–Trinajstić information content (AvgIpc) is 2.50. The Labute approximate surface area is 144 Å². The monoisotopic (exact) mass is 346 g/mol. The van der Waals surface area contributed by atoms with Gasteiger partial charge in [0.15, 0.2) is 5.76 Å². The Morgan fingerprint density at radius 1 is 1.21 bits per heavy atom. The van der Waals surface area contributed by atoms with Crippen LogP contribution >= 0.6 is 0 Å². The minimum atomic E-state index is -1.11. The van der Waals surface area contributed by atoms with Gasteiger partial charge in [-0.2, -0.15) is 0 Å². The fourth-order valence-electron chi connectivity index (χ4n) is 3.00. The summed E-state index contributed by atoms with van der Waals surface area (Å²) in [5, 5.41) is 10.7. The van der Waals surface area contributed by atoms with Gasteiger partial charge in [0.25, 0.3) is 0 Å². The Bertz CT molecular complexity index is 670. The molecule has 0 saturated heterocycles. The van der Waals surface area contributed by atoms with E-state index in [4.69, 9.17) is 4.74 Å². The van der Waals surface area contributed by atoms with Gasteiger partial charge in [0.2, 0.25) is 5.78 Å². The lowest BCUT2D eigenvalue weighted by atomic mass is 9.85. The number of ether oxygens (including phenoxy) is 1. The van der Waals surface area contributed by atoms with E-state index >= 15 is 0 Å². The SMILES string of the molecule is CC(=O)OC1=C(CCCC[Si](C)(C)C)C(O)c2ccccc2C1=O. The third-order valence-electron chi connectivity index (χ3n) is 4.20. The highest BCUT2D eigenvalue weighted by Crippen LogP contribution is 2.37. The van der Waals surface area contributed by atoms with Gasteiger partial charge in [-0.05, 0) is 18.4 Å². The number of carbonyl (C=O) groups excluding carboxylic acids is 2. The number of allylic oxidation sites excluding steroid dienone is 1. The fraction of sp³-hybridized carbons (Fsp3) is 0.474. The summed E-state index contributed by atoms with van der Waals surface area (Å²) in [5.41, 5.74) is 1.54. The summed E-state index contributed by atoms with van der Waals surface area (Å²) in [7, 11) is -1.11. The molecule has 130 valence electrons. The van der Waals surface area contributed by atoms with Gasteiger partial charge >= 0.3 is 5.97 Å². The predicted octanol–water partition coefficient (Wildman–Crippen LogP) is 4.24. The molecule has 24 heavy (non-hydrogen) atoms. The number of ketones is 1. The Morgan fingerprint density at radius 3 is 2.50 bits per heavy atom. The first-order valence-corrected chi connectivity index (χ1v) is 12.1. The normalized spacial score (nSPS) is 17.7. The number of hydrogen-bond acceptors (Lipinski definition) is 4. The van der Waals surface area contributed by atoms with Crippen LogP contribution < -0.4 is 0 Å². The molecule has 0 heterocycles. The van der Waals surface area contributed by atoms with Crippen LogP contribution in [0, 0.1) is 0 Å². The highest BCUT2D eigenvalue weighted by Gasteiger charge is 2.33. The van der Waals surface area contributed by atoms with Crippen LogP contribution in [0.4, 0.5) is 0 Å². The smallest absolute Gasteiger partial charge is 0.308 e. The number of aliphatic hydroxyl groups excluding tert-OH is 1. The van der Waals surface area contributed by atoms with Crippen LogP contribution in [0.25, 0.3) is 0 Å². The lowest BCUT2D eigenvalue weighted by Gasteiger charge is -2.26. The average molecular weight is 346 g/mol. The Morgan fingerprint density at radius 2 is 1.88 bits per heavy atom. The van der Waals surface area contributed by atoms with Crippen LogP contribution in [0.15, 0.2) is 35.6 Å². The highest BCUT2D eigenvalue weighted by atomic mass is 28.3. The minimum Gasteiger partial charge on any atom is -0.422 e. The zero-order valence-electron chi connectivity index (χ0n) is 14.9.